The molecule has 0 saturated heterocycles. The highest BCUT2D eigenvalue weighted by Crippen LogP contribution is 2.25. The van der Waals surface area contributed by atoms with Crippen molar-refractivity contribution in [3.05, 3.63) is 71.9 Å². The molecule has 0 radical (unpaired) electrons. The Kier molecular flexibility index (Phi) is 4.16. The highest BCUT2D eigenvalue weighted by Gasteiger charge is 2.08. The summed E-state index contributed by atoms with van der Waals surface area (Å²) in [5.74, 6) is 1.40. The first-order valence-electron chi connectivity index (χ1n) is 7.06. The number of nitrogen functional groups attached to an aromatic ring is 1. The van der Waals surface area contributed by atoms with E-state index in [0.29, 0.717) is 29.6 Å². The lowest BCUT2D eigenvalue weighted by Gasteiger charge is -2.09. The minimum Gasteiger partial charge on any atom is -0.488 e. The van der Waals surface area contributed by atoms with E-state index in [9.17, 15) is 5.26 Å². The van der Waals surface area contributed by atoms with Crippen molar-refractivity contribution in [3.63, 3.8) is 0 Å². The number of rotatable bonds is 4. The second-order valence-electron chi connectivity index (χ2n) is 4.90. The number of aromatic nitrogens is 2. The highest BCUT2D eigenvalue weighted by molar-refractivity contribution is 5.62. The topological polar surface area (TPSA) is 84.8 Å². The third kappa shape index (κ3) is 3.44. The van der Waals surface area contributed by atoms with Gasteiger partial charge in [-0.3, -0.25) is 0 Å². The molecule has 0 aliphatic heterocycles. The van der Waals surface area contributed by atoms with Crippen LogP contribution >= 0.6 is 0 Å². The zero-order valence-electron chi connectivity index (χ0n) is 12.3. The molecule has 0 saturated carbocycles. The highest BCUT2D eigenvalue weighted by atomic mass is 16.5. The molecule has 0 spiro atoms. The molecule has 23 heavy (non-hydrogen) atoms. The Morgan fingerprint density at radius 1 is 1.09 bits per heavy atom. The summed E-state index contributed by atoms with van der Waals surface area (Å²) in [4.78, 5) is 8.33. The lowest BCUT2D eigenvalue weighted by molar-refractivity contribution is 0.305. The molecular formula is C18H14N4O. The number of benzene rings is 2. The van der Waals surface area contributed by atoms with Crippen LogP contribution in [0.15, 0.2) is 60.8 Å². The number of nitrogens with zero attached hydrogens (tertiary/aromatic N) is 3. The second-order valence-corrected chi connectivity index (χ2v) is 4.90. The molecule has 5 heteroatoms. The minimum atomic E-state index is 0.387. The molecule has 112 valence electrons. The van der Waals surface area contributed by atoms with Crippen molar-refractivity contribution in [1.29, 1.82) is 5.26 Å². The van der Waals surface area contributed by atoms with Gasteiger partial charge in [0, 0.05) is 11.8 Å². The molecule has 3 rings (SSSR count). The first-order chi connectivity index (χ1) is 11.3. The Morgan fingerprint density at radius 3 is 2.65 bits per heavy atom. The SMILES string of the molecule is N#Cc1cc(-c2nccc(N)n2)ccc1OCc1ccccc1. The van der Waals surface area contributed by atoms with Crippen molar-refractivity contribution in [1.82, 2.24) is 9.97 Å². The third-order valence-electron chi connectivity index (χ3n) is 3.27. The summed E-state index contributed by atoms with van der Waals surface area (Å²) in [5, 5.41) is 9.35. The Hall–Kier alpha value is -3.39. The van der Waals surface area contributed by atoms with Gasteiger partial charge in [0.2, 0.25) is 0 Å². The average molecular weight is 302 g/mol. The van der Waals surface area contributed by atoms with E-state index in [1.165, 1.54) is 0 Å². The van der Waals surface area contributed by atoms with E-state index in [1.807, 2.05) is 36.4 Å². The molecule has 2 N–H and O–H groups in total. The van der Waals surface area contributed by atoms with Crippen LogP contribution in [0.3, 0.4) is 0 Å². The van der Waals surface area contributed by atoms with Crippen molar-refractivity contribution in [2.45, 2.75) is 6.61 Å². The molecule has 0 fully saturated rings. The predicted molar refractivity (Wildman–Crippen MR) is 87.4 cm³/mol. The predicted octanol–water partition coefficient (Wildman–Crippen LogP) is 3.18. The summed E-state index contributed by atoms with van der Waals surface area (Å²) in [6.45, 7) is 0.406. The fraction of sp³-hybridized carbons (Fsp3) is 0.0556. The Labute approximate surface area is 134 Å². The van der Waals surface area contributed by atoms with Crippen LogP contribution in [-0.2, 0) is 6.61 Å². The maximum atomic E-state index is 9.35. The maximum Gasteiger partial charge on any atom is 0.161 e. The number of anilines is 1. The molecule has 1 heterocycles. The zero-order chi connectivity index (χ0) is 16.1. The first-order valence-corrected chi connectivity index (χ1v) is 7.06. The molecule has 0 amide bonds. The van der Waals surface area contributed by atoms with E-state index in [1.54, 1.807) is 24.4 Å². The maximum absolute atomic E-state index is 9.35. The van der Waals surface area contributed by atoms with Crippen LogP contribution < -0.4 is 10.5 Å². The summed E-state index contributed by atoms with van der Waals surface area (Å²) in [7, 11) is 0. The van der Waals surface area contributed by atoms with Crippen LogP contribution in [0.2, 0.25) is 0 Å². The van der Waals surface area contributed by atoms with E-state index in [2.05, 4.69) is 16.0 Å². The van der Waals surface area contributed by atoms with Crippen LogP contribution in [0, 0.1) is 11.3 Å². The lowest BCUT2D eigenvalue weighted by atomic mass is 10.1. The molecule has 0 atom stereocenters. The summed E-state index contributed by atoms with van der Waals surface area (Å²) in [6, 6.07) is 18.8. The van der Waals surface area contributed by atoms with Crippen LogP contribution in [0.4, 0.5) is 5.82 Å². The Morgan fingerprint density at radius 2 is 1.91 bits per heavy atom. The van der Waals surface area contributed by atoms with Gasteiger partial charge in [0.1, 0.15) is 24.2 Å². The van der Waals surface area contributed by atoms with Crippen molar-refractivity contribution in [2.75, 3.05) is 5.73 Å². The van der Waals surface area contributed by atoms with E-state index in [0.717, 1.165) is 11.1 Å². The summed E-state index contributed by atoms with van der Waals surface area (Å²) >= 11 is 0. The van der Waals surface area contributed by atoms with Gasteiger partial charge in [0.05, 0.1) is 5.56 Å². The first kappa shape index (κ1) is 14.5. The third-order valence-corrected chi connectivity index (χ3v) is 3.27. The van der Waals surface area contributed by atoms with Gasteiger partial charge < -0.3 is 10.5 Å². The van der Waals surface area contributed by atoms with Crippen molar-refractivity contribution in [3.8, 4) is 23.2 Å². The van der Waals surface area contributed by atoms with Crippen LogP contribution in [-0.4, -0.2) is 9.97 Å². The van der Waals surface area contributed by atoms with Crippen molar-refractivity contribution < 1.29 is 4.74 Å². The van der Waals surface area contributed by atoms with Gasteiger partial charge in [-0.2, -0.15) is 5.26 Å². The number of ether oxygens (including phenoxy) is 1. The Balaban J connectivity index is 1.84. The van der Waals surface area contributed by atoms with Crippen molar-refractivity contribution in [2.24, 2.45) is 0 Å². The van der Waals surface area contributed by atoms with Gasteiger partial charge in [0.25, 0.3) is 0 Å². The number of nitriles is 1. The molecule has 5 nitrogen and oxygen atoms in total. The van der Waals surface area contributed by atoms with E-state index >= 15 is 0 Å². The molecule has 1 aromatic heterocycles. The van der Waals surface area contributed by atoms with Crippen LogP contribution in [0.5, 0.6) is 5.75 Å². The summed E-state index contributed by atoms with van der Waals surface area (Å²) in [5.41, 5.74) is 7.87. The molecule has 3 aromatic rings. The van der Waals surface area contributed by atoms with E-state index in [-0.39, 0.29) is 0 Å². The van der Waals surface area contributed by atoms with E-state index < -0.39 is 0 Å². The average Bonchev–Trinajstić information content (AvgIpc) is 2.60. The van der Waals surface area contributed by atoms with Gasteiger partial charge in [-0.05, 0) is 29.8 Å². The van der Waals surface area contributed by atoms with E-state index in [4.69, 9.17) is 10.5 Å². The smallest absolute Gasteiger partial charge is 0.161 e. The summed E-state index contributed by atoms with van der Waals surface area (Å²) < 4.78 is 5.74. The van der Waals surface area contributed by atoms with Gasteiger partial charge >= 0.3 is 0 Å². The number of hydrogen-bond acceptors (Lipinski definition) is 5. The standard InChI is InChI=1S/C18H14N4O/c19-11-15-10-14(18-21-9-8-17(20)22-18)6-7-16(15)23-12-13-4-2-1-3-5-13/h1-10H,12H2,(H2,20,21,22). The van der Waals surface area contributed by atoms with Gasteiger partial charge in [-0.1, -0.05) is 30.3 Å². The molecule has 2 aromatic carbocycles. The minimum absolute atomic E-state index is 0.387. The molecule has 0 aliphatic carbocycles. The monoisotopic (exact) mass is 302 g/mol. The lowest BCUT2D eigenvalue weighted by Crippen LogP contribution is -1.98. The van der Waals surface area contributed by atoms with Crippen molar-refractivity contribution >= 4 is 5.82 Å². The fourth-order valence-electron chi connectivity index (χ4n) is 2.13. The molecule has 0 aliphatic rings. The molecule has 0 bridgehead atoms. The number of hydrogen-bond donors (Lipinski definition) is 1. The number of nitrogens with two attached hydrogens (primary N) is 1. The van der Waals surface area contributed by atoms with Crippen LogP contribution in [0.1, 0.15) is 11.1 Å². The van der Waals surface area contributed by atoms with Gasteiger partial charge in [0.15, 0.2) is 5.82 Å². The van der Waals surface area contributed by atoms with Gasteiger partial charge in [-0.25, -0.2) is 9.97 Å². The quantitative estimate of drug-likeness (QED) is 0.800. The molecule has 0 unspecified atom stereocenters. The van der Waals surface area contributed by atoms with Gasteiger partial charge in [-0.15, -0.1) is 0 Å². The fourth-order valence-corrected chi connectivity index (χ4v) is 2.13. The zero-order valence-corrected chi connectivity index (χ0v) is 12.3. The normalized spacial score (nSPS) is 10.0. The Bertz CT molecular complexity index is 856. The largest absolute Gasteiger partial charge is 0.488 e. The second kappa shape index (κ2) is 6.58. The summed E-state index contributed by atoms with van der Waals surface area (Å²) in [6.07, 6.45) is 1.59. The van der Waals surface area contributed by atoms with Crippen LogP contribution in [0.25, 0.3) is 11.4 Å². The molecular weight excluding hydrogens is 288 g/mol.